The van der Waals surface area contributed by atoms with Gasteiger partial charge in [0.1, 0.15) is 5.76 Å². The normalized spacial score (nSPS) is 11.9. The molecule has 0 aliphatic rings. The van der Waals surface area contributed by atoms with Crippen molar-refractivity contribution in [2.45, 2.75) is 0 Å². The molecule has 2 nitrogen and oxygen atoms in total. The van der Waals surface area contributed by atoms with Gasteiger partial charge in [-0.1, -0.05) is 78.9 Å². The lowest BCUT2D eigenvalue weighted by atomic mass is 10.1. The zero-order chi connectivity index (χ0) is 18.2. The van der Waals surface area contributed by atoms with Crippen LogP contribution >= 0.6 is 0 Å². The van der Waals surface area contributed by atoms with Gasteiger partial charge in [-0.25, -0.2) is 13.6 Å². The number of aliphatic imine (C=N–C) groups is 1. The van der Waals surface area contributed by atoms with Gasteiger partial charge in [-0.3, -0.25) is 0 Å². The predicted molar refractivity (Wildman–Crippen MR) is 103 cm³/mol. The van der Waals surface area contributed by atoms with Gasteiger partial charge in [0.2, 0.25) is 0 Å². The van der Waals surface area contributed by atoms with Crippen LogP contribution in [-0.4, -0.2) is 13.2 Å². The third-order valence-electron chi connectivity index (χ3n) is 3.62. The monoisotopic (exact) mass is 347 g/mol. The molecular weight excluding hydrogens is 331 g/mol. The SMILES string of the molecule is FB(F)O/C(=C\C(=Nc1ccccc1)c1ccccc1)c1ccccc1. The molecule has 26 heavy (non-hydrogen) atoms. The van der Waals surface area contributed by atoms with Crippen molar-refractivity contribution in [1.82, 2.24) is 0 Å². The lowest BCUT2D eigenvalue weighted by Gasteiger charge is -2.10. The summed E-state index contributed by atoms with van der Waals surface area (Å²) in [6, 6.07) is 27.6. The fourth-order valence-corrected chi connectivity index (χ4v) is 2.44. The molecule has 0 fully saturated rings. The number of benzene rings is 3. The minimum Gasteiger partial charge on any atom is -0.505 e. The van der Waals surface area contributed by atoms with Gasteiger partial charge in [0.15, 0.2) is 0 Å². The highest BCUT2D eigenvalue weighted by molar-refractivity contribution is 6.36. The molecule has 0 heterocycles. The molecule has 3 rings (SSSR count). The summed E-state index contributed by atoms with van der Waals surface area (Å²) in [6.07, 6.45) is 1.55. The van der Waals surface area contributed by atoms with E-state index in [4.69, 9.17) is 4.65 Å². The van der Waals surface area contributed by atoms with Crippen molar-refractivity contribution in [3.05, 3.63) is 108 Å². The Morgan fingerprint density at radius 1 is 0.731 bits per heavy atom. The average molecular weight is 347 g/mol. The van der Waals surface area contributed by atoms with Crippen LogP contribution in [0.3, 0.4) is 0 Å². The Hall–Kier alpha value is -3.21. The van der Waals surface area contributed by atoms with Gasteiger partial charge in [-0.2, -0.15) is 0 Å². The van der Waals surface area contributed by atoms with E-state index in [2.05, 4.69) is 4.99 Å². The Morgan fingerprint density at radius 3 is 1.77 bits per heavy atom. The van der Waals surface area contributed by atoms with Crippen molar-refractivity contribution >= 4 is 24.6 Å². The van der Waals surface area contributed by atoms with Gasteiger partial charge in [0.25, 0.3) is 0 Å². The number of hydrogen-bond donors (Lipinski definition) is 0. The molecule has 0 radical (unpaired) electrons. The maximum absolute atomic E-state index is 12.9. The minimum atomic E-state index is -2.92. The van der Waals surface area contributed by atoms with Gasteiger partial charge >= 0.3 is 7.47 Å². The minimum absolute atomic E-state index is 0.0686. The smallest absolute Gasteiger partial charge is 0.505 e. The highest BCUT2D eigenvalue weighted by Crippen LogP contribution is 2.21. The average Bonchev–Trinajstić information content (AvgIpc) is 2.69. The summed E-state index contributed by atoms with van der Waals surface area (Å²) < 4.78 is 30.7. The number of rotatable bonds is 6. The summed E-state index contributed by atoms with van der Waals surface area (Å²) in [7, 11) is -2.92. The fraction of sp³-hybridized carbons (Fsp3) is 0. The Balaban J connectivity index is 2.10. The van der Waals surface area contributed by atoms with E-state index in [1.165, 1.54) is 0 Å². The highest BCUT2D eigenvalue weighted by Gasteiger charge is 2.20. The molecule has 0 atom stereocenters. The third-order valence-corrected chi connectivity index (χ3v) is 3.62. The summed E-state index contributed by atoms with van der Waals surface area (Å²) in [5.74, 6) is 0.0686. The van der Waals surface area contributed by atoms with Crippen LogP contribution in [0.2, 0.25) is 0 Å². The molecule has 0 saturated heterocycles. The van der Waals surface area contributed by atoms with Crippen molar-refractivity contribution < 1.29 is 13.3 Å². The Kier molecular flexibility index (Phi) is 5.94. The van der Waals surface area contributed by atoms with E-state index in [1.54, 1.807) is 30.3 Å². The number of halogens is 2. The highest BCUT2D eigenvalue weighted by atomic mass is 19.2. The molecule has 0 N–H and O–H groups in total. The second kappa shape index (κ2) is 8.76. The van der Waals surface area contributed by atoms with Crippen molar-refractivity contribution in [3.8, 4) is 0 Å². The van der Waals surface area contributed by atoms with Gasteiger partial charge < -0.3 is 4.65 Å². The molecule has 0 amide bonds. The molecule has 3 aromatic rings. The quantitative estimate of drug-likeness (QED) is 0.314. The first-order valence-electron chi connectivity index (χ1n) is 8.13. The summed E-state index contributed by atoms with van der Waals surface area (Å²) in [5, 5.41) is 0. The zero-order valence-corrected chi connectivity index (χ0v) is 13.9. The summed E-state index contributed by atoms with van der Waals surface area (Å²) in [5.41, 5.74) is 2.63. The first-order chi connectivity index (χ1) is 12.7. The molecular formula is C21H16BF2NO. The Morgan fingerprint density at radius 2 is 1.23 bits per heavy atom. The molecule has 0 unspecified atom stereocenters. The topological polar surface area (TPSA) is 21.6 Å². The third kappa shape index (κ3) is 4.90. The van der Waals surface area contributed by atoms with Crippen LogP contribution in [0, 0.1) is 0 Å². The summed E-state index contributed by atoms with van der Waals surface area (Å²) in [6.45, 7) is 0. The second-order valence-electron chi connectivity index (χ2n) is 5.45. The van der Waals surface area contributed by atoms with Crippen LogP contribution in [0.15, 0.2) is 102 Å². The van der Waals surface area contributed by atoms with Gasteiger partial charge in [-0.15, -0.1) is 0 Å². The van der Waals surface area contributed by atoms with E-state index in [0.29, 0.717) is 11.3 Å². The lowest BCUT2D eigenvalue weighted by molar-refractivity contribution is 0.397. The molecule has 0 aromatic heterocycles. The second-order valence-corrected chi connectivity index (χ2v) is 5.45. The maximum atomic E-state index is 12.9. The Labute approximate surface area is 151 Å². The number of allylic oxidation sites excluding steroid dienone is 1. The number of nitrogens with zero attached hydrogens (tertiary/aromatic N) is 1. The van der Waals surface area contributed by atoms with Crippen LogP contribution in [0.25, 0.3) is 5.76 Å². The molecule has 0 spiro atoms. The van der Waals surface area contributed by atoms with E-state index in [-0.39, 0.29) is 5.76 Å². The van der Waals surface area contributed by atoms with E-state index in [0.717, 1.165) is 11.3 Å². The van der Waals surface area contributed by atoms with Crippen LogP contribution in [0.5, 0.6) is 0 Å². The van der Waals surface area contributed by atoms with Gasteiger partial charge in [-0.05, 0) is 12.1 Å². The zero-order valence-electron chi connectivity index (χ0n) is 13.9. The molecule has 0 saturated carbocycles. The number of hydrogen-bond acceptors (Lipinski definition) is 2. The number of para-hydroxylation sites is 1. The van der Waals surface area contributed by atoms with Crippen molar-refractivity contribution in [1.29, 1.82) is 0 Å². The fourth-order valence-electron chi connectivity index (χ4n) is 2.44. The molecule has 5 heteroatoms. The molecule has 0 aliphatic carbocycles. The van der Waals surface area contributed by atoms with Gasteiger partial charge in [0.05, 0.1) is 11.4 Å². The first kappa shape index (κ1) is 17.6. The predicted octanol–water partition coefficient (Wildman–Crippen LogP) is 5.79. The standard InChI is InChI=1S/C21H16BF2NO/c23-22(24)26-21(18-12-6-2-7-13-18)16-20(17-10-4-1-5-11-17)25-19-14-8-3-9-15-19/h1-16H/b21-16-,25-20?. The largest absolute Gasteiger partial charge is 0.796 e. The van der Waals surface area contributed by atoms with Crippen molar-refractivity contribution in [3.63, 3.8) is 0 Å². The first-order valence-corrected chi connectivity index (χ1v) is 8.13. The van der Waals surface area contributed by atoms with Crippen molar-refractivity contribution in [2.75, 3.05) is 0 Å². The van der Waals surface area contributed by atoms with Crippen LogP contribution < -0.4 is 0 Å². The van der Waals surface area contributed by atoms with Crippen LogP contribution in [0.4, 0.5) is 14.3 Å². The van der Waals surface area contributed by atoms with E-state index in [9.17, 15) is 8.63 Å². The maximum Gasteiger partial charge on any atom is 0.796 e. The molecule has 128 valence electrons. The van der Waals surface area contributed by atoms with Gasteiger partial charge in [0, 0.05) is 17.2 Å². The van der Waals surface area contributed by atoms with Crippen molar-refractivity contribution in [2.24, 2.45) is 4.99 Å². The van der Waals surface area contributed by atoms with E-state index in [1.807, 2.05) is 66.7 Å². The summed E-state index contributed by atoms with van der Waals surface area (Å²) >= 11 is 0. The lowest BCUT2D eigenvalue weighted by Crippen LogP contribution is -2.07. The molecule has 3 aromatic carbocycles. The Bertz CT molecular complexity index is 882. The summed E-state index contributed by atoms with van der Waals surface area (Å²) in [4.78, 5) is 4.62. The molecule has 0 bridgehead atoms. The molecule has 0 aliphatic heterocycles. The van der Waals surface area contributed by atoms with E-state index < -0.39 is 7.47 Å². The van der Waals surface area contributed by atoms with E-state index >= 15 is 0 Å². The van der Waals surface area contributed by atoms with Crippen LogP contribution in [-0.2, 0) is 4.65 Å². The van der Waals surface area contributed by atoms with Crippen LogP contribution in [0.1, 0.15) is 11.1 Å².